The molecular formula is C22H20F2N4OS2. The van der Waals surface area contributed by atoms with Crippen LogP contribution in [0.4, 0.5) is 20.2 Å². The number of ether oxygens (including phenoxy) is 1. The zero-order chi connectivity index (χ0) is 21.2. The van der Waals surface area contributed by atoms with E-state index < -0.39 is 11.6 Å². The van der Waals surface area contributed by atoms with Crippen LogP contribution in [0.5, 0.6) is 0 Å². The highest BCUT2D eigenvalue weighted by atomic mass is 32.1. The van der Waals surface area contributed by atoms with Crippen LogP contribution in [0.1, 0.15) is 23.6 Å². The van der Waals surface area contributed by atoms with E-state index in [4.69, 9.17) is 4.74 Å². The summed E-state index contributed by atoms with van der Waals surface area (Å²) in [7, 11) is 2.17. The summed E-state index contributed by atoms with van der Waals surface area (Å²) in [6.07, 6.45) is 3.77. The van der Waals surface area contributed by atoms with Gasteiger partial charge in [-0.05, 0) is 44.6 Å². The molecule has 31 heavy (non-hydrogen) atoms. The van der Waals surface area contributed by atoms with E-state index in [1.807, 2.05) is 0 Å². The number of rotatable bonds is 3. The maximum Gasteiger partial charge on any atom is 0.176 e. The molecule has 0 radical (unpaired) electrons. The van der Waals surface area contributed by atoms with Crippen LogP contribution in [0.3, 0.4) is 0 Å². The number of fused-ring (bicyclic) bond motifs is 2. The van der Waals surface area contributed by atoms with Gasteiger partial charge in [0.05, 0.1) is 28.0 Å². The summed E-state index contributed by atoms with van der Waals surface area (Å²) in [4.78, 5) is 13.1. The van der Waals surface area contributed by atoms with Crippen molar-refractivity contribution < 1.29 is 13.5 Å². The van der Waals surface area contributed by atoms with Crippen LogP contribution < -0.4 is 5.32 Å². The lowest BCUT2D eigenvalue weighted by molar-refractivity contribution is 0.111. The predicted octanol–water partition coefficient (Wildman–Crippen LogP) is 5.51. The number of nitrogens with zero attached hydrogens (tertiary/aromatic N) is 3. The van der Waals surface area contributed by atoms with Crippen molar-refractivity contribution in [2.24, 2.45) is 0 Å². The Kier molecular flexibility index (Phi) is 4.50. The summed E-state index contributed by atoms with van der Waals surface area (Å²) >= 11 is 2.88. The van der Waals surface area contributed by atoms with Gasteiger partial charge in [-0.3, -0.25) is 4.90 Å². The molecule has 2 atom stereocenters. The van der Waals surface area contributed by atoms with E-state index in [1.165, 1.54) is 27.8 Å². The molecule has 0 bridgehead atoms. The summed E-state index contributed by atoms with van der Waals surface area (Å²) < 4.78 is 35.9. The second kappa shape index (κ2) is 7.16. The van der Waals surface area contributed by atoms with E-state index >= 15 is 0 Å². The standard InChI is InChI=1S/C22H20F2N4OS2/c1-28-6-3-13(22(28)4-7-29-10-22)16-8-12-15(2-5-25-21(12)31-16)27-19-14(23)9-17-20(18(19)24)26-11-30-17/h2,5,8-9,11,13H,3-4,6-7,10H2,1H3,(H,25,27)/t13-,22+/m1/s1. The first-order chi connectivity index (χ1) is 15.1. The molecule has 2 aliphatic heterocycles. The lowest BCUT2D eigenvalue weighted by atomic mass is 9.83. The first-order valence-corrected chi connectivity index (χ1v) is 11.9. The molecule has 0 saturated carbocycles. The number of likely N-dealkylation sites (N-methyl/N-ethyl adjacent to an activating group) is 1. The van der Waals surface area contributed by atoms with Crippen molar-refractivity contribution in [2.45, 2.75) is 24.3 Å². The Morgan fingerprint density at radius 2 is 2.19 bits per heavy atom. The monoisotopic (exact) mass is 458 g/mol. The number of thiophene rings is 1. The Labute approximate surface area is 185 Å². The van der Waals surface area contributed by atoms with Gasteiger partial charge in [-0.25, -0.2) is 18.7 Å². The minimum atomic E-state index is -0.670. The second-order valence-corrected chi connectivity index (χ2v) is 10.2. The lowest BCUT2D eigenvalue weighted by Gasteiger charge is -2.35. The molecule has 2 fully saturated rings. The van der Waals surface area contributed by atoms with Crippen molar-refractivity contribution in [3.63, 3.8) is 0 Å². The fraction of sp³-hybridized carbons (Fsp3) is 0.364. The molecule has 0 amide bonds. The van der Waals surface area contributed by atoms with Crippen LogP contribution >= 0.6 is 22.7 Å². The number of thiazole rings is 1. The first-order valence-electron chi connectivity index (χ1n) is 10.2. The van der Waals surface area contributed by atoms with E-state index in [2.05, 4.69) is 33.3 Å². The molecule has 9 heteroatoms. The number of hydrogen-bond donors (Lipinski definition) is 1. The Morgan fingerprint density at radius 1 is 1.29 bits per heavy atom. The van der Waals surface area contributed by atoms with Gasteiger partial charge in [-0.1, -0.05) is 0 Å². The van der Waals surface area contributed by atoms with Crippen LogP contribution in [-0.2, 0) is 4.74 Å². The van der Waals surface area contributed by atoms with Gasteiger partial charge >= 0.3 is 0 Å². The summed E-state index contributed by atoms with van der Waals surface area (Å²) in [5, 5.41) is 3.86. The third-order valence-electron chi connectivity index (χ3n) is 6.77. The number of anilines is 2. The molecular weight excluding hydrogens is 438 g/mol. The Bertz CT molecular complexity index is 1300. The van der Waals surface area contributed by atoms with Gasteiger partial charge < -0.3 is 10.1 Å². The molecule has 0 unspecified atom stereocenters. The third kappa shape index (κ3) is 2.91. The van der Waals surface area contributed by atoms with Crippen molar-refractivity contribution in [3.8, 4) is 0 Å². The fourth-order valence-electron chi connectivity index (χ4n) is 5.05. The molecule has 160 valence electrons. The molecule has 5 heterocycles. The molecule has 0 aliphatic carbocycles. The Balaban J connectivity index is 1.42. The summed E-state index contributed by atoms with van der Waals surface area (Å²) in [5.41, 5.74) is 2.20. The molecule has 5 nitrogen and oxygen atoms in total. The van der Waals surface area contributed by atoms with Crippen molar-refractivity contribution in [1.29, 1.82) is 0 Å². The van der Waals surface area contributed by atoms with Crippen molar-refractivity contribution in [3.05, 3.63) is 46.4 Å². The van der Waals surface area contributed by atoms with Crippen molar-refractivity contribution in [2.75, 3.05) is 32.1 Å². The van der Waals surface area contributed by atoms with Gasteiger partial charge in [0.25, 0.3) is 0 Å². The van der Waals surface area contributed by atoms with Gasteiger partial charge in [0.1, 0.15) is 16.0 Å². The van der Waals surface area contributed by atoms with Crippen LogP contribution in [0.15, 0.2) is 29.9 Å². The van der Waals surface area contributed by atoms with E-state index in [0.29, 0.717) is 16.3 Å². The highest BCUT2D eigenvalue weighted by Crippen LogP contribution is 2.49. The number of likely N-dealkylation sites (tertiary alicyclic amines) is 1. The van der Waals surface area contributed by atoms with Gasteiger partial charge in [0.15, 0.2) is 11.6 Å². The van der Waals surface area contributed by atoms with Crippen molar-refractivity contribution >= 4 is 54.5 Å². The number of aromatic nitrogens is 2. The van der Waals surface area contributed by atoms with Crippen molar-refractivity contribution in [1.82, 2.24) is 14.9 Å². The molecule has 4 aromatic rings. The highest BCUT2D eigenvalue weighted by Gasteiger charge is 2.50. The minimum Gasteiger partial charge on any atom is -0.379 e. The molecule has 3 aromatic heterocycles. The van der Waals surface area contributed by atoms with Crippen LogP contribution in [0, 0.1) is 11.6 Å². The molecule has 1 spiro atoms. The molecule has 2 aliphatic rings. The van der Waals surface area contributed by atoms with E-state index in [0.717, 1.165) is 42.8 Å². The quantitative estimate of drug-likeness (QED) is 0.439. The van der Waals surface area contributed by atoms with Gasteiger partial charge in [-0.15, -0.1) is 22.7 Å². The Hall–Kier alpha value is -2.20. The maximum absolute atomic E-state index is 15.0. The fourth-order valence-corrected chi connectivity index (χ4v) is 7.02. The van der Waals surface area contributed by atoms with Crippen LogP contribution in [0.25, 0.3) is 20.4 Å². The SMILES string of the molecule is CN1CC[C@H](c2cc3c(Nc4c(F)cc5scnc5c4F)ccnc3s2)[C@@]12CCOC2. The number of hydrogen-bond acceptors (Lipinski definition) is 7. The molecule has 1 N–H and O–H groups in total. The van der Waals surface area contributed by atoms with E-state index in [9.17, 15) is 8.78 Å². The first kappa shape index (κ1) is 19.5. The van der Waals surface area contributed by atoms with Gasteiger partial charge in [0, 0.05) is 29.0 Å². The lowest BCUT2D eigenvalue weighted by Crippen LogP contribution is -2.45. The van der Waals surface area contributed by atoms with E-state index in [-0.39, 0.29) is 16.7 Å². The largest absolute Gasteiger partial charge is 0.379 e. The number of nitrogens with one attached hydrogen (secondary N) is 1. The van der Waals surface area contributed by atoms with Gasteiger partial charge in [-0.2, -0.15) is 0 Å². The smallest absolute Gasteiger partial charge is 0.176 e. The maximum atomic E-state index is 15.0. The minimum absolute atomic E-state index is 0.0301. The molecule has 2 saturated heterocycles. The van der Waals surface area contributed by atoms with E-state index in [1.54, 1.807) is 23.6 Å². The van der Waals surface area contributed by atoms with Crippen LogP contribution in [-0.4, -0.2) is 47.2 Å². The average molecular weight is 459 g/mol. The zero-order valence-corrected chi connectivity index (χ0v) is 18.5. The summed E-state index contributed by atoms with van der Waals surface area (Å²) in [6, 6.07) is 5.22. The van der Waals surface area contributed by atoms with Crippen LogP contribution in [0.2, 0.25) is 0 Å². The average Bonchev–Trinajstić information content (AvgIpc) is 3.53. The number of benzene rings is 1. The molecule has 1 aromatic carbocycles. The summed E-state index contributed by atoms with van der Waals surface area (Å²) in [6.45, 7) is 2.56. The molecule has 6 rings (SSSR count). The number of halogens is 2. The second-order valence-electron chi connectivity index (χ2n) is 8.27. The summed E-state index contributed by atoms with van der Waals surface area (Å²) in [5.74, 6) is -0.933. The topological polar surface area (TPSA) is 50.3 Å². The number of pyridine rings is 1. The normalized spacial score (nSPS) is 24.2. The third-order valence-corrected chi connectivity index (χ3v) is 8.70. The van der Waals surface area contributed by atoms with Gasteiger partial charge in [0.2, 0.25) is 0 Å². The highest BCUT2D eigenvalue weighted by molar-refractivity contribution is 7.18. The Morgan fingerprint density at radius 3 is 3.03 bits per heavy atom. The zero-order valence-electron chi connectivity index (χ0n) is 16.8. The predicted molar refractivity (Wildman–Crippen MR) is 121 cm³/mol.